The zero-order chi connectivity index (χ0) is 18.1. The standard InChI is InChI=1S/C18H26N2O4/c1-6-18(17(22)23)11-14(16(21)19(2)3)15(20(18)4)12-7-9-13(24-5)10-8-12/h7-10,14-15H,6,11H2,1-5H3,(H,22,23)/t14-,15-,18-/m1/s1. The number of carbonyl (C=O) groups excluding carboxylic acids is 1. The minimum Gasteiger partial charge on any atom is -0.497 e. The van der Waals surface area contributed by atoms with E-state index in [9.17, 15) is 14.7 Å². The van der Waals surface area contributed by atoms with Gasteiger partial charge in [0.25, 0.3) is 0 Å². The van der Waals surface area contributed by atoms with Gasteiger partial charge in [0.05, 0.1) is 13.0 Å². The third kappa shape index (κ3) is 2.86. The second-order valence-electron chi connectivity index (χ2n) is 6.56. The van der Waals surface area contributed by atoms with E-state index in [-0.39, 0.29) is 11.9 Å². The number of carbonyl (C=O) groups is 2. The van der Waals surface area contributed by atoms with E-state index in [2.05, 4.69) is 0 Å². The second kappa shape index (κ2) is 6.81. The third-order valence-corrected chi connectivity index (χ3v) is 5.23. The smallest absolute Gasteiger partial charge is 0.324 e. The Morgan fingerprint density at radius 3 is 2.33 bits per heavy atom. The molecule has 1 fully saturated rings. The van der Waals surface area contributed by atoms with Crippen molar-refractivity contribution in [1.82, 2.24) is 9.80 Å². The molecule has 24 heavy (non-hydrogen) atoms. The molecule has 3 atom stereocenters. The molecule has 1 aromatic carbocycles. The largest absolute Gasteiger partial charge is 0.497 e. The lowest BCUT2D eigenvalue weighted by atomic mass is 9.87. The summed E-state index contributed by atoms with van der Waals surface area (Å²) in [6.45, 7) is 1.86. The molecule has 1 N–H and O–H groups in total. The highest BCUT2D eigenvalue weighted by molar-refractivity contribution is 5.85. The van der Waals surface area contributed by atoms with Crippen LogP contribution in [0.4, 0.5) is 0 Å². The fraction of sp³-hybridized carbons (Fsp3) is 0.556. The number of rotatable bonds is 5. The molecule has 0 spiro atoms. The lowest BCUT2D eigenvalue weighted by Crippen LogP contribution is -2.48. The summed E-state index contributed by atoms with van der Waals surface area (Å²) >= 11 is 0. The Hall–Kier alpha value is -2.08. The quantitative estimate of drug-likeness (QED) is 0.892. The molecular weight excluding hydrogens is 308 g/mol. The zero-order valence-electron chi connectivity index (χ0n) is 14.9. The van der Waals surface area contributed by atoms with E-state index in [1.165, 1.54) is 0 Å². The van der Waals surface area contributed by atoms with Gasteiger partial charge in [-0.3, -0.25) is 14.5 Å². The van der Waals surface area contributed by atoms with Crippen LogP contribution in [0.2, 0.25) is 0 Å². The number of likely N-dealkylation sites (tertiary alicyclic amines) is 1. The summed E-state index contributed by atoms with van der Waals surface area (Å²) in [6.07, 6.45) is 0.756. The third-order valence-electron chi connectivity index (χ3n) is 5.23. The molecule has 1 aliphatic heterocycles. The monoisotopic (exact) mass is 334 g/mol. The topological polar surface area (TPSA) is 70.1 Å². The minimum absolute atomic E-state index is 0.0424. The summed E-state index contributed by atoms with van der Waals surface area (Å²) < 4.78 is 5.19. The van der Waals surface area contributed by atoms with Gasteiger partial charge in [0, 0.05) is 20.1 Å². The van der Waals surface area contributed by atoms with E-state index in [4.69, 9.17) is 4.74 Å². The Bertz CT molecular complexity index is 614. The highest BCUT2D eigenvalue weighted by atomic mass is 16.5. The van der Waals surface area contributed by atoms with Crippen molar-refractivity contribution in [2.24, 2.45) is 5.92 Å². The van der Waals surface area contributed by atoms with Crippen LogP contribution in [0.3, 0.4) is 0 Å². The molecule has 2 rings (SSSR count). The first-order valence-corrected chi connectivity index (χ1v) is 8.10. The van der Waals surface area contributed by atoms with E-state index in [1.54, 1.807) is 33.2 Å². The van der Waals surface area contributed by atoms with Crippen LogP contribution in [0.25, 0.3) is 0 Å². The molecule has 0 aromatic heterocycles. The molecule has 132 valence electrons. The molecule has 0 radical (unpaired) electrons. The van der Waals surface area contributed by atoms with Crippen molar-refractivity contribution in [2.45, 2.75) is 31.3 Å². The van der Waals surface area contributed by atoms with E-state index in [1.807, 2.05) is 36.1 Å². The van der Waals surface area contributed by atoms with Gasteiger partial charge in [-0.25, -0.2) is 0 Å². The SMILES string of the molecule is CC[C@]1(C(=O)O)C[C@@H](C(=O)N(C)C)[C@@H](c2ccc(OC)cc2)N1C. The maximum atomic E-state index is 12.7. The van der Waals surface area contributed by atoms with Crippen LogP contribution in [-0.2, 0) is 9.59 Å². The molecule has 0 saturated carbocycles. The number of carboxylic acids is 1. The number of hydrogen-bond donors (Lipinski definition) is 1. The van der Waals surface area contributed by atoms with Crippen LogP contribution in [0, 0.1) is 5.92 Å². The second-order valence-corrected chi connectivity index (χ2v) is 6.56. The lowest BCUT2D eigenvalue weighted by molar-refractivity contribution is -0.150. The number of aliphatic carboxylic acids is 1. The van der Waals surface area contributed by atoms with E-state index in [0.29, 0.717) is 12.8 Å². The maximum absolute atomic E-state index is 12.7. The van der Waals surface area contributed by atoms with Gasteiger partial charge in [-0.15, -0.1) is 0 Å². The highest BCUT2D eigenvalue weighted by Crippen LogP contribution is 2.48. The Kier molecular flexibility index (Phi) is 5.18. The lowest BCUT2D eigenvalue weighted by Gasteiger charge is -2.34. The molecule has 0 aliphatic carbocycles. The molecule has 1 amide bonds. The number of nitrogens with zero attached hydrogens (tertiary/aromatic N) is 2. The number of carboxylic acid groups (broad SMARTS) is 1. The Morgan fingerprint density at radius 1 is 1.33 bits per heavy atom. The molecule has 6 heteroatoms. The van der Waals surface area contributed by atoms with Crippen molar-refractivity contribution in [1.29, 1.82) is 0 Å². The number of amides is 1. The van der Waals surface area contributed by atoms with Crippen LogP contribution in [-0.4, -0.2) is 60.6 Å². The molecule has 1 heterocycles. The van der Waals surface area contributed by atoms with Gasteiger partial charge in [-0.05, 0) is 37.6 Å². The van der Waals surface area contributed by atoms with Gasteiger partial charge >= 0.3 is 5.97 Å². The average molecular weight is 334 g/mol. The number of ether oxygens (including phenoxy) is 1. The molecule has 1 aromatic rings. The first kappa shape index (κ1) is 18.3. The van der Waals surface area contributed by atoms with E-state index >= 15 is 0 Å². The van der Waals surface area contributed by atoms with E-state index in [0.717, 1.165) is 11.3 Å². The highest BCUT2D eigenvalue weighted by Gasteiger charge is 2.56. The molecule has 0 bridgehead atoms. The molecule has 6 nitrogen and oxygen atoms in total. The molecule has 1 aliphatic rings. The normalized spacial score (nSPS) is 27.0. The van der Waals surface area contributed by atoms with Crippen LogP contribution >= 0.6 is 0 Å². The van der Waals surface area contributed by atoms with Gasteiger partial charge in [-0.1, -0.05) is 19.1 Å². The minimum atomic E-state index is -1.03. The van der Waals surface area contributed by atoms with Crippen molar-refractivity contribution in [3.8, 4) is 5.75 Å². The van der Waals surface area contributed by atoms with Crippen molar-refractivity contribution in [3.63, 3.8) is 0 Å². The number of methoxy groups -OCH3 is 1. The van der Waals surface area contributed by atoms with Crippen molar-refractivity contribution >= 4 is 11.9 Å². The van der Waals surface area contributed by atoms with Crippen LogP contribution in [0.15, 0.2) is 24.3 Å². The van der Waals surface area contributed by atoms with Gasteiger partial charge in [-0.2, -0.15) is 0 Å². The first-order valence-electron chi connectivity index (χ1n) is 8.10. The van der Waals surface area contributed by atoms with Crippen LogP contribution in [0.5, 0.6) is 5.75 Å². The van der Waals surface area contributed by atoms with Crippen molar-refractivity contribution in [2.75, 3.05) is 28.3 Å². The Morgan fingerprint density at radius 2 is 1.92 bits per heavy atom. The zero-order valence-corrected chi connectivity index (χ0v) is 14.9. The summed E-state index contributed by atoms with van der Waals surface area (Å²) in [5.41, 5.74) is -0.101. The summed E-state index contributed by atoms with van der Waals surface area (Å²) in [4.78, 5) is 28.1. The Balaban J connectivity index is 2.50. The summed E-state index contributed by atoms with van der Waals surface area (Å²) in [6, 6.07) is 7.22. The molecule has 1 saturated heterocycles. The maximum Gasteiger partial charge on any atom is 0.324 e. The summed E-state index contributed by atoms with van der Waals surface area (Å²) in [5.74, 6) is -0.580. The average Bonchev–Trinajstić information content (AvgIpc) is 2.87. The fourth-order valence-corrected chi connectivity index (χ4v) is 3.75. The molecular formula is C18H26N2O4. The van der Waals surface area contributed by atoms with Gasteiger partial charge in [0.1, 0.15) is 11.3 Å². The first-order chi connectivity index (χ1) is 11.3. The van der Waals surface area contributed by atoms with Gasteiger partial charge in [0.15, 0.2) is 0 Å². The fourth-order valence-electron chi connectivity index (χ4n) is 3.75. The van der Waals surface area contributed by atoms with Crippen LogP contribution < -0.4 is 4.74 Å². The number of hydrogen-bond acceptors (Lipinski definition) is 4. The number of benzene rings is 1. The summed E-state index contributed by atoms with van der Waals surface area (Å²) in [7, 11) is 6.82. The van der Waals surface area contributed by atoms with Crippen molar-refractivity contribution < 1.29 is 19.4 Å². The predicted molar refractivity (Wildman–Crippen MR) is 91.0 cm³/mol. The van der Waals surface area contributed by atoms with Gasteiger partial charge < -0.3 is 14.7 Å². The number of likely N-dealkylation sites (N-methyl/N-ethyl adjacent to an activating group) is 1. The summed E-state index contributed by atoms with van der Waals surface area (Å²) in [5, 5.41) is 9.83. The predicted octanol–water partition coefficient (Wildman–Crippen LogP) is 2.01. The van der Waals surface area contributed by atoms with E-state index < -0.39 is 17.4 Å². The Labute approximate surface area is 143 Å². The van der Waals surface area contributed by atoms with Crippen molar-refractivity contribution in [3.05, 3.63) is 29.8 Å². The van der Waals surface area contributed by atoms with Crippen LogP contribution in [0.1, 0.15) is 31.4 Å². The van der Waals surface area contributed by atoms with Gasteiger partial charge in [0.2, 0.25) is 5.91 Å². The molecule has 0 unspecified atom stereocenters.